The third-order valence-corrected chi connectivity index (χ3v) is 23.3. The molecule has 6 rings (SSSR count). The topological polar surface area (TPSA) is 74.8 Å². The molecule has 0 spiro atoms. The van der Waals surface area contributed by atoms with Crippen LogP contribution in [0, 0.1) is 0 Å². The molecule has 16 heteroatoms. The first-order chi connectivity index (χ1) is 27.4. The molecule has 1 atom stereocenters. The maximum absolute atomic E-state index is 15.2. The van der Waals surface area contributed by atoms with Crippen LogP contribution in [0.5, 0.6) is 0 Å². The van der Waals surface area contributed by atoms with Crippen molar-refractivity contribution in [1.82, 2.24) is 8.15 Å². The molecule has 0 fully saturated rings. The number of hydrogen-bond acceptors (Lipinski definition) is 5. The lowest BCUT2D eigenvalue weighted by atomic mass is 10.2. The second kappa shape index (κ2) is 16.2. The van der Waals surface area contributed by atoms with Gasteiger partial charge in [0.15, 0.2) is 5.66 Å². The van der Waals surface area contributed by atoms with Crippen molar-refractivity contribution in [1.29, 1.82) is 0 Å². The molecule has 6 aromatic rings. The SMILES string of the molecule is C=CC(C)(N([P+](c1ccccc1)(c1ccccc1)c1ccccc1)[P+](c1ccccc1)(c1ccccc1)c1ccccc1)N(S(=O)(=O)C(F)(F)F)S(=O)(=O)C(F)(F)F. The van der Waals surface area contributed by atoms with Crippen molar-refractivity contribution in [3.05, 3.63) is 195 Å². The molecule has 0 saturated heterocycles. The van der Waals surface area contributed by atoms with Crippen molar-refractivity contribution in [2.45, 2.75) is 23.6 Å². The first-order valence-corrected chi connectivity index (χ1v) is 23.8. The summed E-state index contributed by atoms with van der Waals surface area (Å²) < 4.78 is 147. The molecule has 6 aromatic carbocycles. The Kier molecular flexibility index (Phi) is 12.0. The van der Waals surface area contributed by atoms with E-state index in [-0.39, 0.29) is 0 Å². The highest BCUT2D eigenvalue weighted by Gasteiger charge is 2.79. The largest absolute Gasteiger partial charge is 0.512 e. The van der Waals surface area contributed by atoms with Crippen molar-refractivity contribution in [3.8, 4) is 0 Å². The molecule has 58 heavy (non-hydrogen) atoms. The van der Waals surface area contributed by atoms with Crippen LogP contribution in [0.1, 0.15) is 6.92 Å². The Morgan fingerprint density at radius 2 is 0.621 bits per heavy atom. The van der Waals surface area contributed by atoms with Gasteiger partial charge in [0.25, 0.3) is 0 Å². The molecule has 6 nitrogen and oxygen atoms in total. The second-order valence-electron chi connectivity index (χ2n) is 13.0. The van der Waals surface area contributed by atoms with Gasteiger partial charge < -0.3 is 0 Å². The number of alkyl halides is 6. The summed E-state index contributed by atoms with van der Waals surface area (Å²) in [5, 5.41) is 2.09. The minimum Gasteiger partial charge on any atom is -0.202 e. The van der Waals surface area contributed by atoms with Crippen LogP contribution < -0.4 is 31.8 Å². The lowest BCUT2D eigenvalue weighted by molar-refractivity contribution is -0.0570. The number of benzene rings is 6. The quantitative estimate of drug-likeness (QED) is 0.0509. The summed E-state index contributed by atoms with van der Waals surface area (Å²) in [7, 11) is -23.3. The fourth-order valence-electron chi connectivity index (χ4n) is 7.25. The Morgan fingerprint density at radius 3 is 0.776 bits per heavy atom. The third kappa shape index (κ3) is 6.99. The molecule has 0 bridgehead atoms. The minimum absolute atomic E-state index is 0.349. The monoisotopic (exact) mass is 872 g/mol. The van der Waals surface area contributed by atoms with Gasteiger partial charge in [0.05, 0.1) is 0 Å². The zero-order valence-electron chi connectivity index (χ0n) is 30.6. The molecular weight excluding hydrogens is 837 g/mol. The van der Waals surface area contributed by atoms with Crippen LogP contribution in [0.3, 0.4) is 0 Å². The van der Waals surface area contributed by atoms with E-state index in [9.17, 15) is 16.8 Å². The molecule has 0 aromatic heterocycles. The van der Waals surface area contributed by atoms with E-state index in [4.69, 9.17) is 0 Å². The van der Waals surface area contributed by atoms with Crippen LogP contribution in [-0.2, 0) is 20.0 Å². The van der Waals surface area contributed by atoms with Crippen LogP contribution in [-0.4, -0.2) is 41.7 Å². The Labute approximate surface area is 335 Å². The van der Waals surface area contributed by atoms with E-state index in [2.05, 4.69) is 6.58 Å². The van der Waals surface area contributed by atoms with E-state index in [1.54, 1.807) is 182 Å². The molecular formula is C42H36F6N2O4P2S2+2. The number of nitrogens with zero attached hydrogens (tertiary/aromatic N) is 2. The van der Waals surface area contributed by atoms with Gasteiger partial charge in [-0.25, -0.2) is 16.8 Å². The third-order valence-electron chi connectivity index (χ3n) is 9.53. The van der Waals surface area contributed by atoms with Crippen LogP contribution in [0.25, 0.3) is 0 Å². The highest BCUT2D eigenvalue weighted by molar-refractivity contribution is 8.07. The van der Waals surface area contributed by atoms with Gasteiger partial charge in [0, 0.05) is 0 Å². The van der Waals surface area contributed by atoms with Gasteiger partial charge in [-0.3, -0.25) is 0 Å². The molecule has 0 radical (unpaired) electrons. The summed E-state index contributed by atoms with van der Waals surface area (Å²) in [6.45, 7) is 4.49. The summed E-state index contributed by atoms with van der Waals surface area (Å²) in [4.78, 5) is 0. The van der Waals surface area contributed by atoms with Gasteiger partial charge in [-0.2, -0.15) is 26.3 Å². The van der Waals surface area contributed by atoms with Crippen LogP contribution in [0.15, 0.2) is 195 Å². The fraction of sp³-hybridized carbons (Fsp3) is 0.0952. The van der Waals surface area contributed by atoms with Gasteiger partial charge in [0.1, 0.15) is 31.8 Å². The molecule has 0 aliphatic rings. The first kappa shape index (κ1) is 42.9. The molecule has 0 aliphatic carbocycles. The molecule has 0 saturated carbocycles. The zero-order chi connectivity index (χ0) is 42.0. The van der Waals surface area contributed by atoms with Crippen molar-refractivity contribution in [2.75, 3.05) is 0 Å². The van der Waals surface area contributed by atoms with E-state index in [1.165, 1.54) is 4.44 Å². The van der Waals surface area contributed by atoms with Crippen LogP contribution in [0.2, 0.25) is 0 Å². The highest BCUT2D eigenvalue weighted by atomic mass is 32.3. The van der Waals surface area contributed by atoms with Crippen LogP contribution in [0.4, 0.5) is 26.3 Å². The Hall–Kier alpha value is -4.68. The predicted molar refractivity (Wildman–Crippen MR) is 223 cm³/mol. The van der Waals surface area contributed by atoms with Crippen LogP contribution >= 0.6 is 14.8 Å². The normalized spacial score (nSPS) is 14.2. The van der Waals surface area contributed by atoms with Crippen molar-refractivity contribution in [2.24, 2.45) is 0 Å². The van der Waals surface area contributed by atoms with Gasteiger partial charge >= 0.3 is 31.1 Å². The summed E-state index contributed by atoms with van der Waals surface area (Å²) in [5.74, 6) is 0. The lowest BCUT2D eigenvalue weighted by Gasteiger charge is -2.51. The molecule has 1 unspecified atom stereocenters. The summed E-state index contributed by atoms with van der Waals surface area (Å²) in [5.41, 5.74) is -16.5. The number of sulfonamides is 2. The average molecular weight is 873 g/mol. The summed E-state index contributed by atoms with van der Waals surface area (Å²) in [6, 6.07) is 49.6. The molecule has 0 amide bonds. The van der Waals surface area contributed by atoms with Gasteiger partial charge in [0.2, 0.25) is 14.8 Å². The molecule has 300 valence electrons. The van der Waals surface area contributed by atoms with E-state index >= 15 is 26.3 Å². The average Bonchev–Trinajstić information content (AvgIpc) is 3.22. The standard InChI is InChI=1S/C42H36F6N2O4P2S2/c1-3-40(2,50(57(51,52)41(43,44)45)58(53,54)42(46,47)48)49(55(34-22-10-4-11-23-34,35-24-12-5-13-25-35)36-26-14-6-15-27-36)56(37-28-16-7-17-29-37,38-30-18-8-19-31-38)39-32-20-9-21-33-39/h3-33H,1H2,2H3/q+2. The Bertz CT molecular complexity index is 2200. The first-order valence-electron chi connectivity index (χ1n) is 17.4. The number of hydrogen-bond donors (Lipinski definition) is 0. The number of rotatable bonds is 13. The summed E-state index contributed by atoms with van der Waals surface area (Å²) in [6.07, 6.45) is 0.562. The van der Waals surface area contributed by atoms with Crippen molar-refractivity contribution < 1.29 is 43.2 Å². The van der Waals surface area contributed by atoms with Crippen molar-refractivity contribution in [3.63, 3.8) is 0 Å². The maximum Gasteiger partial charge on any atom is 0.512 e. The molecule has 0 heterocycles. The van der Waals surface area contributed by atoms with E-state index < -0.39 is 55.3 Å². The predicted octanol–water partition coefficient (Wildman–Crippen LogP) is 8.01. The van der Waals surface area contributed by atoms with Gasteiger partial charge in [-0.15, -0.1) is 0 Å². The smallest absolute Gasteiger partial charge is 0.202 e. The Morgan fingerprint density at radius 1 is 0.431 bits per heavy atom. The summed E-state index contributed by atoms with van der Waals surface area (Å²) >= 11 is 0. The van der Waals surface area contributed by atoms with E-state index in [1.807, 2.05) is 0 Å². The fourth-order valence-corrected chi connectivity index (χ4v) is 22.4. The maximum atomic E-state index is 15.2. The van der Waals surface area contributed by atoms with E-state index in [0.717, 1.165) is 6.92 Å². The van der Waals surface area contributed by atoms with Gasteiger partial charge in [-0.05, 0) is 93.9 Å². The van der Waals surface area contributed by atoms with Gasteiger partial charge in [-0.1, -0.05) is 116 Å². The van der Waals surface area contributed by atoms with E-state index in [0.29, 0.717) is 37.9 Å². The van der Waals surface area contributed by atoms with Crippen molar-refractivity contribution >= 4 is 66.7 Å². The molecule has 0 N–H and O–H groups in total. The molecule has 0 aliphatic heterocycles. The Balaban J connectivity index is 2.07. The number of halogens is 6. The second-order valence-corrected chi connectivity index (χ2v) is 23.5. The lowest BCUT2D eigenvalue weighted by Crippen LogP contribution is -2.68. The zero-order valence-corrected chi connectivity index (χ0v) is 34.0. The minimum atomic E-state index is -7.46. The highest BCUT2D eigenvalue weighted by Crippen LogP contribution is 2.78.